The number of nitrogens with two attached hydrogens (primary N) is 1. The molecular weight excluding hydrogens is 274 g/mol. The molecule has 114 valence electrons. The summed E-state index contributed by atoms with van der Waals surface area (Å²) in [6.07, 6.45) is 3.75. The van der Waals surface area contributed by atoms with Gasteiger partial charge in [-0.25, -0.2) is 0 Å². The van der Waals surface area contributed by atoms with Gasteiger partial charge >= 0.3 is 0 Å². The van der Waals surface area contributed by atoms with Gasteiger partial charge in [0.15, 0.2) is 11.6 Å². The molecule has 0 amide bonds. The minimum Gasteiger partial charge on any atom is -0.330 e. The van der Waals surface area contributed by atoms with Crippen molar-refractivity contribution < 1.29 is 9.59 Å². The lowest BCUT2D eigenvalue weighted by molar-refractivity contribution is 0.0979. The molecule has 0 aromatic heterocycles. The Morgan fingerprint density at radius 1 is 0.727 bits per heavy atom. The molecule has 0 saturated carbocycles. The number of carbonyl (C=O) groups excluding carboxylic acids is 2. The zero-order chi connectivity index (χ0) is 15.9. The first-order valence-electron chi connectivity index (χ1n) is 7.68. The molecule has 0 bridgehead atoms. The van der Waals surface area contributed by atoms with E-state index in [9.17, 15) is 9.59 Å². The molecule has 0 fully saturated rings. The molecule has 0 radical (unpaired) electrons. The van der Waals surface area contributed by atoms with Crippen molar-refractivity contribution in [3.05, 3.63) is 70.8 Å². The van der Waals surface area contributed by atoms with Crippen LogP contribution in [-0.4, -0.2) is 18.1 Å². The summed E-state index contributed by atoms with van der Waals surface area (Å²) in [5, 5.41) is 0. The van der Waals surface area contributed by atoms with Crippen molar-refractivity contribution in [2.45, 2.75) is 26.2 Å². The second-order valence-corrected chi connectivity index (χ2v) is 5.25. The quantitative estimate of drug-likeness (QED) is 0.751. The molecule has 2 N–H and O–H groups in total. The molecule has 0 unspecified atom stereocenters. The van der Waals surface area contributed by atoms with Crippen molar-refractivity contribution in [3.63, 3.8) is 0 Å². The first kappa shape index (κ1) is 16.1. The summed E-state index contributed by atoms with van der Waals surface area (Å²) in [6, 6.07) is 13.9. The summed E-state index contributed by atoms with van der Waals surface area (Å²) >= 11 is 0. The Kier molecular flexibility index (Phi) is 5.61. The minimum atomic E-state index is -0.0641. The second-order valence-electron chi connectivity index (χ2n) is 5.25. The average Bonchev–Trinajstić information content (AvgIpc) is 2.58. The average molecular weight is 295 g/mol. The number of carbonyl (C=O) groups is 2. The van der Waals surface area contributed by atoms with Crippen molar-refractivity contribution in [1.82, 2.24) is 0 Å². The summed E-state index contributed by atoms with van der Waals surface area (Å²) in [5.74, 6) is -0.128. The lowest BCUT2D eigenvalue weighted by Crippen LogP contribution is -2.20. The number of rotatable bonds is 3. The van der Waals surface area contributed by atoms with E-state index < -0.39 is 0 Å². The van der Waals surface area contributed by atoms with Crippen molar-refractivity contribution in [1.29, 1.82) is 0 Å². The van der Waals surface area contributed by atoms with Gasteiger partial charge in [-0.05, 0) is 13.0 Å². The fourth-order valence-corrected chi connectivity index (χ4v) is 2.44. The molecule has 3 heteroatoms. The zero-order valence-corrected chi connectivity index (χ0v) is 12.8. The van der Waals surface area contributed by atoms with Gasteiger partial charge in [-0.1, -0.05) is 68.3 Å². The number of hydrogen-bond acceptors (Lipinski definition) is 3. The van der Waals surface area contributed by atoms with Crippen LogP contribution in [0.5, 0.6) is 0 Å². The van der Waals surface area contributed by atoms with Crippen molar-refractivity contribution in [2.75, 3.05) is 6.54 Å². The van der Waals surface area contributed by atoms with Crippen LogP contribution < -0.4 is 5.73 Å². The third-order valence-corrected chi connectivity index (χ3v) is 3.64. The molecule has 3 rings (SSSR count). The number of ketones is 2. The highest BCUT2D eigenvalue weighted by Crippen LogP contribution is 2.26. The molecule has 2 aromatic rings. The maximum absolute atomic E-state index is 12.1. The molecule has 22 heavy (non-hydrogen) atoms. The van der Waals surface area contributed by atoms with Crippen molar-refractivity contribution in [2.24, 2.45) is 5.73 Å². The predicted molar refractivity (Wildman–Crippen MR) is 88.3 cm³/mol. The molecule has 0 atom stereocenters. The van der Waals surface area contributed by atoms with Gasteiger partial charge in [0.1, 0.15) is 0 Å². The molecule has 3 nitrogen and oxygen atoms in total. The summed E-state index contributed by atoms with van der Waals surface area (Å²) in [4.78, 5) is 24.2. The molecule has 0 heterocycles. The highest BCUT2D eigenvalue weighted by Gasteiger charge is 2.28. The molecule has 1 aliphatic rings. The summed E-state index contributed by atoms with van der Waals surface area (Å²) in [5.41, 5.74) is 7.24. The molecule has 0 saturated heterocycles. The Morgan fingerprint density at radius 2 is 1.09 bits per heavy atom. The van der Waals surface area contributed by atoms with Gasteiger partial charge < -0.3 is 5.73 Å². The third-order valence-electron chi connectivity index (χ3n) is 3.64. The van der Waals surface area contributed by atoms with E-state index >= 15 is 0 Å². The van der Waals surface area contributed by atoms with E-state index in [4.69, 9.17) is 5.73 Å². The highest BCUT2D eigenvalue weighted by molar-refractivity contribution is 6.28. The van der Waals surface area contributed by atoms with E-state index in [0.717, 1.165) is 6.54 Å². The van der Waals surface area contributed by atoms with Gasteiger partial charge in [-0.2, -0.15) is 0 Å². The van der Waals surface area contributed by atoms with Crippen LogP contribution in [0.2, 0.25) is 0 Å². The largest absolute Gasteiger partial charge is 0.330 e. The number of unbranched alkanes of at least 4 members (excludes halogenated alkanes) is 2. The zero-order valence-electron chi connectivity index (χ0n) is 12.8. The smallest absolute Gasteiger partial charge is 0.194 e. The fraction of sp³-hybridized carbons (Fsp3) is 0.263. The van der Waals surface area contributed by atoms with E-state index in [1.165, 1.54) is 19.3 Å². The summed E-state index contributed by atoms with van der Waals surface area (Å²) in [6.45, 7) is 3.03. The van der Waals surface area contributed by atoms with Crippen LogP contribution in [0.4, 0.5) is 0 Å². The Bertz CT molecular complexity index is 567. The first-order chi connectivity index (χ1) is 10.7. The number of fused-ring (bicyclic) bond motifs is 2. The van der Waals surface area contributed by atoms with Gasteiger partial charge in [-0.15, -0.1) is 0 Å². The Hall–Kier alpha value is -2.26. The Morgan fingerprint density at radius 3 is 1.32 bits per heavy atom. The summed E-state index contributed by atoms with van der Waals surface area (Å²) in [7, 11) is 0. The van der Waals surface area contributed by atoms with Gasteiger partial charge in [0.25, 0.3) is 0 Å². The van der Waals surface area contributed by atoms with Crippen LogP contribution in [0.15, 0.2) is 48.5 Å². The van der Waals surface area contributed by atoms with Crippen LogP contribution in [0.3, 0.4) is 0 Å². The lowest BCUT2D eigenvalue weighted by atomic mass is 9.84. The SMILES string of the molecule is CCCCCN.O=C1c2ccccc2C(=O)c2ccccc21. The molecule has 0 aliphatic heterocycles. The van der Waals surface area contributed by atoms with Gasteiger partial charge in [0.05, 0.1) is 0 Å². The second kappa shape index (κ2) is 7.66. The maximum Gasteiger partial charge on any atom is 0.194 e. The predicted octanol–water partition coefficient (Wildman–Crippen LogP) is 3.60. The van der Waals surface area contributed by atoms with Crippen molar-refractivity contribution >= 4 is 11.6 Å². The van der Waals surface area contributed by atoms with Crippen LogP contribution >= 0.6 is 0 Å². The van der Waals surface area contributed by atoms with E-state index in [0.29, 0.717) is 22.3 Å². The van der Waals surface area contributed by atoms with E-state index in [2.05, 4.69) is 6.92 Å². The highest BCUT2D eigenvalue weighted by atomic mass is 16.1. The van der Waals surface area contributed by atoms with Gasteiger partial charge in [0, 0.05) is 22.3 Å². The van der Waals surface area contributed by atoms with Crippen LogP contribution in [0.25, 0.3) is 0 Å². The standard InChI is InChI=1S/C14H8O2.C5H13N/c15-13-9-5-1-2-6-10(9)14(16)12-8-4-3-7-11(12)13;1-2-3-4-5-6/h1-8H;2-6H2,1H3. The maximum atomic E-state index is 12.1. The molecule has 1 aliphatic carbocycles. The van der Waals surface area contributed by atoms with Gasteiger partial charge in [0.2, 0.25) is 0 Å². The van der Waals surface area contributed by atoms with Crippen LogP contribution in [0.1, 0.15) is 58.0 Å². The van der Waals surface area contributed by atoms with Crippen LogP contribution in [0, 0.1) is 0 Å². The van der Waals surface area contributed by atoms with E-state index in [1.807, 2.05) is 0 Å². The monoisotopic (exact) mass is 295 g/mol. The Balaban J connectivity index is 0.000000254. The summed E-state index contributed by atoms with van der Waals surface area (Å²) < 4.78 is 0. The Labute approximate surface area is 131 Å². The number of hydrogen-bond donors (Lipinski definition) is 1. The number of benzene rings is 2. The van der Waals surface area contributed by atoms with Gasteiger partial charge in [-0.3, -0.25) is 9.59 Å². The molecule has 0 spiro atoms. The molecular formula is C19H21NO2. The topological polar surface area (TPSA) is 60.2 Å². The van der Waals surface area contributed by atoms with E-state index in [1.54, 1.807) is 48.5 Å². The lowest BCUT2D eigenvalue weighted by Gasteiger charge is -2.16. The molecule has 2 aromatic carbocycles. The van der Waals surface area contributed by atoms with Crippen LogP contribution in [-0.2, 0) is 0 Å². The van der Waals surface area contributed by atoms with Crippen molar-refractivity contribution in [3.8, 4) is 0 Å². The minimum absolute atomic E-state index is 0.0641. The third kappa shape index (κ3) is 3.31. The fourth-order valence-electron chi connectivity index (χ4n) is 2.44. The normalized spacial score (nSPS) is 12.1. The van der Waals surface area contributed by atoms with E-state index in [-0.39, 0.29) is 11.6 Å². The first-order valence-corrected chi connectivity index (χ1v) is 7.68.